The number of esters is 3. The van der Waals surface area contributed by atoms with Gasteiger partial charge in [-0.2, -0.15) is 0 Å². The van der Waals surface area contributed by atoms with Crippen molar-refractivity contribution in [2.75, 3.05) is 6.61 Å². The van der Waals surface area contributed by atoms with Gasteiger partial charge in [-0.3, -0.25) is 0 Å². The van der Waals surface area contributed by atoms with Gasteiger partial charge >= 0.3 is 182 Å². The number of hydrogen-bond donors (Lipinski definition) is 0. The van der Waals surface area contributed by atoms with Gasteiger partial charge in [0.05, 0.1) is 0 Å². The fourth-order valence-electron chi connectivity index (χ4n) is 3.03. The van der Waals surface area contributed by atoms with Gasteiger partial charge < -0.3 is 0 Å². The fourth-order valence-corrected chi connectivity index (χ4v) is 5.57. The number of ether oxygens (including phenoxy) is 5. The van der Waals surface area contributed by atoms with Crippen molar-refractivity contribution in [3.63, 3.8) is 0 Å². The van der Waals surface area contributed by atoms with Gasteiger partial charge in [0.1, 0.15) is 0 Å². The van der Waals surface area contributed by atoms with Crippen LogP contribution in [0.3, 0.4) is 0 Å². The van der Waals surface area contributed by atoms with Gasteiger partial charge in [-0.25, -0.2) is 0 Å². The zero-order chi connectivity index (χ0) is 22.3. The van der Waals surface area contributed by atoms with Crippen LogP contribution in [0.5, 0.6) is 0 Å². The molecule has 1 aromatic rings. The minimum absolute atomic E-state index is 0.159. The molecule has 5 atom stereocenters. The minimum atomic E-state index is -0.937. The van der Waals surface area contributed by atoms with E-state index in [4.69, 9.17) is 23.7 Å². The van der Waals surface area contributed by atoms with Crippen molar-refractivity contribution < 1.29 is 38.1 Å². The average molecular weight is 487 g/mol. The molecule has 1 heterocycles. The molecule has 0 N–H and O–H groups in total. The van der Waals surface area contributed by atoms with Crippen LogP contribution in [0.15, 0.2) is 30.3 Å². The second-order valence-electron chi connectivity index (χ2n) is 7.07. The predicted octanol–water partition coefficient (Wildman–Crippen LogP) is 1.38. The van der Waals surface area contributed by atoms with Crippen molar-refractivity contribution in [2.24, 2.45) is 0 Å². The zero-order valence-electron chi connectivity index (χ0n) is 17.7. The maximum atomic E-state index is 11.9. The van der Waals surface area contributed by atoms with E-state index in [1.807, 2.05) is 44.2 Å². The molecule has 0 unspecified atom stereocenters. The van der Waals surface area contributed by atoms with Gasteiger partial charge in [0.25, 0.3) is 0 Å². The van der Waals surface area contributed by atoms with Crippen LogP contribution in [0.4, 0.5) is 0 Å². The van der Waals surface area contributed by atoms with E-state index in [-0.39, 0.29) is 32.5 Å². The van der Waals surface area contributed by atoms with Gasteiger partial charge in [-0.1, -0.05) is 0 Å². The van der Waals surface area contributed by atoms with E-state index in [0.717, 1.165) is 4.46 Å². The van der Waals surface area contributed by atoms with Gasteiger partial charge in [0.2, 0.25) is 0 Å². The number of carbonyl (C=O) groups is 3. The molecule has 0 aliphatic carbocycles. The first-order chi connectivity index (χ1) is 14.2. The molecule has 0 aromatic heterocycles. The number of benzene rings is 1. The SMILES string of the molecule is CC(=O)OC[C@H]1O[C@@H](OC(C)C)[C@H]([Se]c2ccccc2)[C@@H](OC(C)=O)[C@H]1OC(C)=O. The molecule has 1 aromatic carbocycles. The molecule has 166 valence electrons. The van der Waals surface area contributed by atoms with Crippen LogP contribution in [0.2, 0.25) is 4.82 Å². The van der Waals surface area contributed by atoms with Crippen molar-refractivity contribution >= 4 is 37.3 Å². The normalized spacial score (nSPS) is 26.1. The molecular formula is C21H28O8Se. The molecule has 0 saturated carbocycles. The molecule has 0 bridgehead atoms. The van der Waals surface area contributed by atoms with E-state index >= 15 is 0 Å². The molecular weight excluding hydrogens is 459 g/mol. The third kappa shape index (κ3) is 7.40. The summed E-state index contributed by atoms with van der Waals surface area (Å²) in [6, 6.07) is 9.71. The Hall–Kier alpha value is -1.93. The summed E-state index contributed by atoms with van der Waals surface area (Å²) in [4.78, 5) is 34.7. The van der Waals surface area contributed by atoms with E-state index in [2.05, 4.69) is 0 Å². The Kier molecular flexibility index (Phi) is 9.30. The van der Waals surface area contributed by atoms with Gasteiger partial charge in [-0.05, 0) is 0 Å². The van der Waals surface area contributed by atoms with Crippen molar-refractivity contribution in [2.45, 2.75) is 70.1 Å². The Morgan fingerprint density at radius 1 is 0.967 bits per heavy atom. The van der Waals surface area contributed by atoms with Crippen molar-refractivity contribution in [3.8, 4) is 0 Å². The van der Waals surface area contributed by atoms with Crippen molar-refractivity contribution in [1.29, 1.82) is 0 Å². The van der Waals surface area contributed by atoms with Crippen molar-refractivity contribution in [1.82, 2.24) is 0 Å². The molecule has 2 rings (SSSR count). The number of hydrogen-bond acceptors (Lipinski definition) is 8. The van der Waals surface area contributed by atoms with Crippen LogP contribution in [0, 0.1) is 0 Å². The second kappa shape index (κ2) is 11.5. The van der Waals surface area contributed by atoms with E-state index in [9.17, 15) is 14.4 Å². The summed E-state index contributed by atoms with van der Waals surface area (Å²) in [5.41, 5.74) is 0. The molecule has 1 aliphatic heterocycles. The summed E-state index contributed by atoms with van der Waals surface area (Å²) in [5, 5.41) is 0. The topological polar surface area (TPSA) is 97.4 Å². The molecule has 1 saturated heterocycles. The predicted molar refractivity (Wildman–Crippen MR) is 108 cm³/mol. The Labute approximate surface area is 182 Å². The van der Waals surface area contributed by atoms with Crippen LogP contribution in [0.25, 0.3) is 0 Å². The standard InChI is InChI=1S/C21H28O8Se/c1-12(2)26-21-20(30-16-9-7-6-8-10-16)19(28-15(5)24)18(27-14(4)23)17(29-21)11-25-13(3)22/h6-10,12,17-21H,11H2,1-5H3/t17-,18+,19+,20-,21-/m1/s1. The van der Waals surface area contributed by atoms with Gasteiger partial charge in [0, 0.05) is 0 Å². The molecule has 1 aliphatic rings. The molecule has 0 amide bonds. The summed E-state index contributed by atoms with van der Waals surface area (Å²) in [6.45, 7) is 7.42. The molecule has 9 heteroatoms. The first-order valence-electron chi connectivity index (χ1n) is 9.67. The summed E-state index contributed by atoms with van der Waals surface area (Å²) in [6.07, 6.45) is -3.49. The summed E-state index contributed by atoms with van der Waals surface area (Å²) >= 11 is -0.230. The van der Waals surface area contributed by atoms with E-state index < -0.39 is 42.5 Å². The van der Waals surface area contributed by atoms with Gasteiger partial charge in [0.15, 0.2) is 0 Å². The summed E-state index contributed by atoms with van der Waals surface area (Å²) in [7, 11) is 0. The van der Waals surface area contributed by atoms with Crippen LogP contribution >= 0.6 is 0 Å². The summed E-state index contributed by atoms with van der Waals surface area (Å²) in [5.74, 6) is -1.56. The maximum absolute atomic E-state index is 11.9. The van der Waals surface area contributed by atoms with E-state index in [0.29, 0.717) is 0 Å². The van der Waals surface area contributed by atoms with Crippen LogP contribution < -0.4 is 4.46 Å². The average Bonchev–Trinajstić information content (AvgIpc) is 2.64. The second-order valence-corrected chi connectivity index (χ2v) is 9.70. The quantitative estimate of drug-likeness (QED) is 0.308. The Bertz CT molecular complexity index is 723. The first kappa shape index (κ1) is 24.3. The molecule has 1 fully saturated rings. The Morgan fingerprint density at radius 3 is 2.10 bits per heavy atom. The molecule has 0 radical (unpaired) electrons. The van der Waals surface area contributed by atoms with Gasteiger partial charge in [-0.15, -0.1) is 0 Å². The number of carbonyl (C=O) groups excluding carboxylic acids is 3. The molecule has 30 heavy (non-hydrogen) atoms. The zero-order valence-corrected chi connectivity index (χ0v) is 19.4. The number of rotatable bonds is 8. The molecule has 0 spiro atoms. The van der Waals surface area contributed by atoms with Crippen LogP contribution in [-0.2, 0) is 38.1 Å². The third-order valence-electron chi connectivity index (χ3n) is 4.07. The van der Waals surface area contributed by atoms with E-state index in [1.54, 1.807) is 0 Å². The fraction of sp³-hybridized carbons (Fsp3) is 0.571. The third-order valence-corrected chi connectivity index (χ3v) is 6.81. The monoisotopic (exact) mass is 488 g/mol. The molecule has 8 nitrogen and oxygen atoms in total. The Morgan fingerprint density at radius 2 is 1.57 bits per heavy atom. The van der Waals surface area contributed by atoms with E-state index in [1.165, 1.54) is 20.8 Å². The summed E-state index contributed by atoms with van der Waals surface area (Å²) < 4.78 is 29.4. The Balaban J connectivity index is 2.42. The van der Waals surface area contributed by atoms with Crippen LogP contribution in [-0.4, -0.2) is 70.2 Å². The van der Waals surface area contributed by atoms with Crippen molar-refractivity contribution in [3.05, 3.63) is 30.3 Å². The van der Waals surface area contributed by atoms with Crippen LogP contribution in [0.1, 0.15) is 34.6 Å². The first-order valence-corrected chi connectivity index (χ1v) is 11.5.